The molecular formula is C21H27FN4O. The molecule has 0 spiro atoms. The van der Waals surface area contributed by atoms with Crippen LogP contribution in [0, 0.1) is 5.82 Å². The Labute approximate surface area is 160 Å². The molecule has 2 aromatic carbocycles. The molecule has 144 valence electrons. The van der Waals surface area contributed by atoms with Crippen LogP contribution in [0.2, 0.25) is 0 Å². The van der Waals surface area contributed by atoms with Crippen molar-refractivity contribution < 1.29 is 9.13 Å². The van der Waals surface area contributed by atoms with Gasteiger partial charge in [0.25, 0.3) is 0 Å². The minimum absolute atomic E-state index is 0.173. The summed E-state index contributed by atoms with van der Waals surface area (Å²) >= 11 is 0. The highest BCUT2D eigenvalue weighted by molar-refractivity contribution is 5.80. The van der Waals surface area contributed by atoms with Gasteiger partial charge < -0.3 is 20.3 Å². The van der Waals surface area contributed by atoms with Crippen molar-refractivity contribution in [3.8, 4) is 0 Å². The van der Waals surface area contributed by atoms with Gasteiger partial charge in [-0.25, -0.2) is 4.39 Å². The summed E-state index contributed by atoms with van der Waals surface area (Å²) in [5, 5.41) is 6.80. The average Bonchev–Trinajstić information content (AvgIpc) is 3.18. The second kappa shape index (κ2) is 9.37. The fourth-order valence-electron chi connectivity index (χ4n) is 3.34. The van der Waals surface area contributed by atoms with Gasteiger partial charge in [0, 0.05) is 45.5 Å². The second-order valence-electron chi connectivity index (χ2n) is 6.64. The van der Waals surface area contributed by atoms with Crippen LogP contribution in [0.3, 0.4) is 0 Å². The number of nitrogens with one attached hydrogen (secondary N) is 2. The lowest BCUT2D eigenvalue weighted by atomic mass is 10.1. The van der Waals surface area contributed by atoms with Gasteiger partial charge in [-0.3, -0.25) is 4.99 Å². The molecule has 0 amide bonds. The van der Waals surface area contributed by atoms with Crippen LogP contribution in [0.5, 0.6) is 0 Å². The Balaban J connectivity index is 1.51. The Hall–Kier alpha value is -2.60. The maximum absolute atomic E-state index is 13.1. The SMILES string of the molecule is CN=C(NCC(OC)c1ccc(F)cc1)NC1CCN(c2ccccc2)C1. The van der Waals surface area contributed by atoms with Gasteiger partial charge in [-0.2, -0.15) is 0 Å². The molecule has 0 radical (unpaired) electrons. The third-order valence-electron chi connectivity index (χ3n) is 4.86. The van der Waals surface area contributed by atoms with E-state index in [2.05, 4.69) is 44.8 Å². The summed E-state index contributed by atoms with van der Waals surface area (Å²) in [5.74, 6) is 0.502. The van der Waals surface area contributed by atoms with Gasteiger partial charge in [0.2, 0.25) is 0 Å². The summed E-state index contributed by atoms with van der Waals surface area (Å²) in [7, 11) is 3.42. The van der Waals surface area contributed by atoms with Gasteiger partial charge in [-0.15, -0.1) is 0 Å². The molecule has 2 atom stereocenters. The number of rotatable bonds is 6. The lowest BCUT2D eigenvalue weighted by molar-refractivity contribution is 0.106. The third-order valence-corrected chi connectivity index (χ3v) is 4.86. The monoisotopic (exact) mass is 370 g/mol. The highest BCUT2D eigenvalue weighted by Gasteiger charge is 2.23. The zero-order valence-electron chi connectivity index (χ0n) is 15.9. The molecule has 3 rings (SSSR count). The molecule has 1 aliphatic heterocycles. The number of hydrogen-bond donors (Lipinski definition) is 2. The summed E-state index contributed by atoms with van der Waals surface area (Å²) < 4.78 is 18.7. The number of para-hydroxylation sites is 1. The maximum atomic E-state index is 13.1. The van der Waals surface area contributed by atoms with Crippen LogP contribution >= 0.6 is 0 Å². The van der Waals surface area contributed by atoms with E-state index < -0.39 is 0 Å². The van der Waals surface area contributed by atoms with Crippen molar-refractivity contribution >= 4 is 11.6 Å². The maximum Gasteiger partial charge on any atom is 0.191 e. The standard InChI is InChI=1S/C21H27FN4O/c1-23-21(24-14-20(27-2)16-8-10-17(22)11-9-16)25-18-12-13-26(15-18)19-6-4-3-5-7-19/h3-11,18,20H,12-15H2,1-2H3,(H2,23,24,25). The number of methoxy groups -OCH3 is 1. The number of anilines is 1. The first-order valence-electron chi connectivity index (χ1n) is 9.25. The van der Waals surface area contributed by atoms with E-state index in [1.54, 1.807) is 26.3 Å². The van der Waals surface area contributed by atoms with Crippen LogP contribution in [0.1, 0.15) is 18.1 Å². The van der Waals surface area contributed by atoms with Crippen molar-refractivity contribution in [2.75, 3.05) is 38.7 Å². The third kappa shape index (κ3) is 5.20. The number of nitrogens with zero attached hydrogens (tertiary/aromatic N) is 2. The van der Waals surface area contributed by atoms with E-state index >= 15 is 0 Å². The van der Waals surface area contributed by atoms with Gasteiger partial charge in [0.15, 0.2) is 5.96 Å². The molecular weight excluding hydrogens is 343 g/mol. The molecule has 0 saturated carbocycles. The fraction of sp³-hybridized carbons (Fsp3) is 0.381. The molecule has 2 N–H and O–H groups in total. The first kappa shape index (κ1) is 19.2. The minimum Gasteiger partial charge on any atom is -0.375 e. The number of halogens is 1. The summed E-state index contributed by atoms with van der Waals surface area (Å²) in [6.07, 6.45) is 0.884. The molecule has 27 heavy (non-hydrogen) atoms. The van der Waals surface area contributed by atoms with Gasteiger partial charge >= 0.3 is 0 Å². The van der Waals surface area contributed by atoms with Crippen LogP contribution in [-0.2, 0) is 4.74 Å². The Morgan fingerprint density at radius 3 is 2.63 bits per heavy atom. The Bertz CT molecular complexity index is 736. The van der Waals surface area contributed by atoms with Gasteiger partial charge in [-0.05, 0) is 36.2 Å². The molecule has 1 heterocycles. The molecule has 1 fully saturated rings. The fourth-order valence-corrected chi connectivity index (χ4v) is 3.34. The molecule has 5 nitrogen and oxygen atoms in total. The molecule has 2 aromatic rings. The highest BCUT2D eigenvalue weighted by atomic mass is 19.1. The first-order valence-corrected chi connectivity index (χ1v) is 9.25. The van der Waals surface area contributed by atoms with Crippen molar-refractivity contribution in [2.45, 2.75) is 18.6 Å². The van der Waals surface area contributed by atoms with Gasteiger partial charge in [0.1, 0.15) is 5.82 Å². The smallest absolute Gasteiger partial charge is 0.191 e. The molecule has 1 saturated heterocycles. The van der Waals surface area contributed by atoms with E-state index in [9.17, 15) is 4.39 Å². The zero-order valence-corrected chi connectivity index (χ0v) is 15.9. The molecule has 1 aliphatic rings. The summed E-state index contributed by atoms with van der Waals surface area (Å²) in [6.45, 7) is 2.52. The lowest BCUT2D eigenvalue weighted by Gasteiger charge is -2.22. The van der Waals surface area contributed by atoms with E-state index in [-0.39, 0.29) is 11.9 Å². The summed E-state index contributed by atoms with van der Waals surface area (Å²) in [6, 6.07) is 17.2. The number of benzene rings is 2. The Morgan fingerprint density at radius 1 is 1.22 bits per heavy atom. The van der Waals surface area contributed by atoms with E-state index in [1.807, 2.05) is 6.07 Å². The van der Waals surface area contributed by atoms with Crippen molar-refractivity contribution in [3.63, 3.8) is 0 Å². The number of guanidine groups is 1. The predicted octanol–water partition coefficient (Wildman–Crippen LogP) is 2.96. The summed E-state index contributed by atoms with van der Waals surface area (Å²) in [4.78, 5) is 6.70. The van der Waals surface area contributed by atoms with Crippen molar-refractivity contribution in [2.24, 2.45) is 4.99 Å². The number of ether oxygens (including phenoxy) is 1. The van der Waals surface area contributed by atoms with E-state index in [0.29, 0.717) is 12.6 Å². The van der Waals surface area contributed by atoms with Gasteiger partial charge in [0.05, 0.1) is 6.10 Å². The lowest BCUT2D eigenvalue weighted by Crippen LogP contribution is -2.45. The zero-order chi connectivity index (χ0) is 19.1. The second-order valence-corrected chi connectivity index (χ2v) is 6.64. The summed E-state index contributed by atoms with van der Waals surface area (Å²) in [5.41, 5.74) is 2.18. The van der Waals surface area contributed by atoms with E-state index in [4.69, 9.17) is 4.74 Å². The predicted molar refractivity (Wildman–Crippen MR) is 108 cm³/mol. The minimum atomic E-state index is -0.247. The Morgan fingerprint density at radius 2 is 1.96 bits per heavy atom. The van der Waals surface area contributed by atoms with Gasteiger partial charge in [-0.1, -0.05) is 30.3 Å². The first-order chi connectivity index (χ1) is 13.2. The highest BCUT2D eigenvalue weighted by Crippen LogP contribution is 2.20. The van der Waals surface area contributed by atoms with Crippen molar-refractivity contribution in [3.05, 3.63) is 66.0 Å². The normalized spacial score (nSPS) is 18.4. The van der Waals surface area contributed by atoms with Crippen LogP contribution in [0.4, 0.5) is 10.1 Å². The van der Waals surface area contributed by atoms with E-state index in [1.165, 1.54) is 17.8 Å². The van der Waals surface area contributed by atoms with Crippen LogP contribution in [0.25, 0.3) is 0 Å². The number of hydrogen-bond acceptors (Lipinski definition) is 3. The van der Waals surface area contributed by atoms with Crippen LogP contribution < -0.4 is 15.5 Å². The molecule has 6 heteroatoms. The van der Waals surface area contributed by atoms with E-state index in [0.717, 1.165) is 31.0 Å². The molecule has 2 unspecified atom stereocenters. The van der Waals surface area contributed by atoms with Crippen molar-refractivity contribution in [1.82, 2.24) is 10.6 Å². The van der Waals surface area contributed by atoms with Crippen LogP contribution in [0.15, 0.2) is 59.6 Å². The topological polar surface area (TPSA) is 48.9 Å². The Kier molecular flexibility index (Phi) is 6.65. The van der Waals surface area contributed by atoms with Crippen molar-refractivity contribution in [1.29, 1.82) is 0 Å². The molecule has 0 bridgehead atoms. The quantitative estimate of drug-likeness (QED) is 0.606. The average molecular weight is 370 g/mol. The molecule has 0 aliphatic carbocycles. The van der Waals surface area contributed by atoms with Crippen LogP contribution in [-0.4, -0.2) is 45.8 Å². The molecule has 0 aromatic heterocycles. The largest absolute Gasteiger partial charge is 0.375 e. The number of aliphatic imine (C=N–C) groups is 1.